The number of nitrogens with one attached hydrogen (secondary N) is 1. The highest BCUT2D eigenvalue weighted by atomic mass is 19.1. The summed E-state index contributed by atoms with van der Waals surface area (Å²) in [5.41, 5.74) is 0.446. The number of rotatable bonds is 5. The van der Waals surface area contributed by atoms with Crippen molar-refractivity contribution in [3.8, 4) is 0 Å². The third-order valence-electron chi connectivity index (χ3n) is 4.13. The second kappa shape index (κ2) is 4.61. The van der Waals surface area contributed by atoms with Crippen LogP contribution in [-0.4, -0.2) is 6.04 Å². The van der Waals surface area contributed by atoms with Crippen molar-refractivity contribution in [1.82, 2.24) is 5.32 Å². The van der Waals surface area contributed by atoms with E-state index in [0.717, 1.165) is 11.8 Å². The molecule has 1 aromatic rings. The maximum atomic E-state index is 13.7. The molecule has 0 spiro atoms. The maximum Gasteiger partial charge on any atom is 0.128 e. The summed E-state index contributed by atoms with van der Waals surface area (Å²) in [6, 6.07) is 4.08. The molecule has 0 bridgehead atoms. The highest BCUT2D eigenvalue weighted by molar-refractivity contribution is 5.22. The van der Waals surface area contributed by atoms with Crippen molar-refractivity contribution >= 4 is 0 Å². The maximum absolute atomic E-state index is 13.7. The van der Waals surface area contributed by atoms with Crippen LogP contribution in [0.1, 0.15) is 44.2 Å². The highest BCUT2D eigenvalue weighted by Gasteiger charge is 2.41. The second-order valence-electron chi connectivity index (χ2n) is 5.75. The minimum atomic E-state index is -0.366. The fourth-order valence-corrected chi connectivity index (χ4v) is 2.79. The fourth-order valence-electron chi connectivity index (χ4n) is 2.79. The summed E-state index contributed by atoms with van der Waals surface area (Å²) in [5.74, 6) is 0.837. The van der Waals surface area contributed by atoms with Gasteiger partial charge in [-0.2, -0.15) is 0 Å². The minimum Gasteiger partial charge on any atom is -0.307 e. The molecule has 0 aromatic heterocycles. The Morgan fingerprint density at radius 1 is 1.11 bits per heavy atom. The van der Waals surface area contributed by atoms with Crippen LogP contribution in [-0.2, 0) is 0 Å². The Kier molecular flexibility index (Phi) is 3.10. The van der Waals surface area contributed by atoms with E-state index in [0.29, 0.717) is 11.6 Å². The Morgan fingerprint density at radius 3 is 2.28 bits per heavy atom. The molecule has 1 nitrogen and oxygen atoms in total. The van der Waals surface area contributed by atoms with E-state index in [1.54, 1.807) is 0 Å². The van der Waals surface area contributed by atoms with Gasteiger partial charge in [-0.1, -0.05) is 0 Å². The van der Waals surface area contributed by atoms with Crippen molar-refractivity contribution in [2.45, 2.75) is 44.7 Å². The zero-order chi connectivity index (χ0) is 12.7. The average Bonchev–Trinajstić information content (AvgIpc) is 3.21. The predicted octanol–water partition coefficient (Wildman–Crippen LogP) is 3.80. The Balaban J connectivity index is 1.72. The van der Waals surface area contributed by atoms with Gasteiger partial charge in [-0.15, -0.1) is 0 Å². The molecule has 0 aliphatic heterocycles. The van der Waals surface area contributed by atoms with Crippen LogP contribution < -0.4 is 5.32 Å². The van der Waals surface area contributed by atoms with E-state index in [1.165, 1.54) is 43.9 Å². The zero-order valence-corrected chi connectivity index (χ0v) is 10.6. The van der Waals surface area contributed by atoms with E-state index < -0.39 is 0 Å². The van der Waals surface area contributed by atoms with Crippen LogP contribution in [0.25, 0.3) is 0 Å². The first-order valence-electron chi connectivity index (χ1n) is 6.86. The molecule has 2 aliphatic rings. The lowest BCUT2D eigenvalue weighted by molar-refractivity contribution is 0.371. The van der Waals surface area contributed by atoms with Crippen molar-refractivity contribution < 1.29 is 8.78 Å². The van der Waals surface area contributed by atoms with E-state index in [9.17, 15) is 8.78 Å². The molecule has 2 aliphatic carbocycles. The van der Waals surface area contributed by atoms with Crippen molar-refractivity contribution in [2.24, 2.45) is 11.8 Å². The van der Waals surface area contributed by atoms with Gasteiger partial charge in [0.05, 0.1) is 0 Å². The summed E-state index contributed by atoms with van der Waals surface area (Å²) >= 11 is 0. The summed E-state index contributed by atoms with van der Waals surface area (Å²) < 4.78 is 26.9. The van der Waals surface area contributed by atoms with Crippen LogP contribution in [0.4, 0.5) is 8.78 Å². The molecule has 1 N–H and O–H groups in total. The van der Waals surface area contributed by atoms with Crippen LogP contribution in [0.5, 0.6) is 0 Å². The first kappa shape index (κ1) is 12.1. The molecule has 98 valence electrons. The van der Waals surface area contributed by atoms with Crippen LogP contribution in [0.2, 0.25) is 0 Å². The van der Waals surface area contributed by atoms with Crippen molar-refractivity contribution in [3.05, 3.63) is 35.4 Å². The molecule has 2 saturated carbocycles. The molecule has 3 heteroatoms. The third kappa shape index (κ3) is 2.56. The Bertz CT molecular complexity index is 426. The van der Waals surface area contributed by atoms with Gasteiger partial charge in [0.2, 0.25) is 0 Å². The van der Waals surface area contributed by atoms with Crippen LogP contribution in [0.15, 0.2) is 18.2 Å². The lowest BCUT2D eigenvalue weighted by Gasteiger charge is -2.23. The summed E-state index contributed by atoms with van der Waals surface area (Å²) in [6.45, 7) is 1.93. The van der Waals surface area contributed by atoms with Gasteiger partial charge >= 0.3 is 0 Å². The monoisotopic (exact) mass is 251 g/mol. The van der Waals surface area contributed by atoms with Gasteiger partial charge in [0.1, 0.15) is 11.6 Å². The molecule has 1 unspecified atom stereocenters. The third-order valence-corrected chi connectivity index (χ3v) is 4.13. The van der Waals surface area contributed by atoms with Crippen molar-refractivity contribution in [1.29, 1.82) is 0 Å². The van der Waals surface area contributed by atoms with Gasteiger partial charge in [-0.05, 0) is 62.6 Å². The van der Waals surface area contributed by atoms with E-state index in [1.807, 2.05) is 6.92 Å². The molecule has 3 rings (SSSR count). The second-order valence-corrected chi connectivity index (χ2v) is 5.75. The Hall–Kier alpha value is -0.960. The number of hydrogen-bond acceptors (Lipinski definition) is 1. The lowest BCUT2D eigenvalue weighted by atomic mass is 10.0. The normalized spacial score (nSPS) is 21.3. The van der Waals surface area contributed by atoms with Gasteiger partial charge in [0, 0.05) is 17.6 Å². The smallest absolute Gasteiger partial charge is 0.128 e. The molecular weight excluding hydrogens is 232 g/mol. The van der Waals surface area contributed by atoms with Crippen LogP contribution in [0, 0.1) is 23.5 Å². The molecule has 2 fully saturated rings. The van der Waals surface area contributed by atoms with Gasteiger partial charge in [0.15, 0.2) is 0 Å². The van der Waals surface area contributed by atoms with Gasteiger partial charge in [-0.25, -0.2) is 8.78 Å². The molecule has 1 aromatic carbocycles. The topological polar surface area (TPSA) is 12.0 Å². The average molecular weight is 251 g/mol. The van der Waals surface area contributed by atoms with Gasteiger partial charge in [0.25, 0.3) is 0 Å². The summed E-state index contributed by atoms with van der Waals surface area (Å²) in [7, 11) is 0. The largest absolute Gasteiger partial charge is 0.307 e. The van der Waals surface area contributed by atoms with Gasteiger partial charge in [-0.3, -0.25) is 0 Å². The summed E-state index contributed by atoms with van der Waals surface area (Å²) in [4.78, 5) is 0. The van der Waals surface area contributed by atoms with E-state index in [-0.39, 0.29) is 17.7 Å². The lowest BCUT2D eigenvalue weighted by Crippen LogP contribution is -2.35. The van der Waals surface area contributed by atoms with E-state index in [4.69, 9.17) is 0 Å². The number of hydrogen-bond donors (Lipinski definition) is 1. The van der Waals surface area contributed by atoms with Crippen molar-refractivity contribution in [3.63, 3.8) is 0 Å². The minimum absolute atomic E-state index is 0.119. The molecular formula is C15H19F2N. The molecule has 1 atom stereocenters. The summed E-state index contributed by atoms with van der Waals surface area (Å²) in [6.07, 6.45) is 5.14. The molecule has 0 amide bonds. The first-order valence-corrected chi connectivity index (χ1v) is 6.86. The summed E-state index contributed by atoms with van der Waals surface area (Å²) in [5, 5.41) is 3.52. The van der Waals surface area contributed by atoms with Gasteiger partial charge < -0.3 is 5.32 Å². The molecule has 0 radical (unpaired) electrons. The predicted molar refractivity (Wildman–Crippen MR) is 67.1 cm³/mol. The van der Waals surface area contributed by atoms with Crippen molar-refractivity contribution in [2.75, 3.05) is 0 Å². The van der Waals surface area contributed by atoms with E-state index >= 15 is 0 Å². The quantitative estimate of drug-likeness (QED) is 0.839. The standard InChI is InChI=1S/C15H19F2N/c1-9(13-8-12(16)6-7-14(13)17)18-15(10-2-3-10)11-4-5-11/h6-11,15,18H,2-5H2,1H3. The van der Waals surface area contributed by atoms with E-state index in [2.05, 4.69) is 5.32 Å². The number of halogens is 2. The Morgan fingerprint density at radius 2 is 1.72 bits per heavy atom. The molecule has 0 heterocycles. The first-order chi connectivity index (χ1) is 8.65. The zero-order valence-electron chi connectivity index (χ0n) is 10.6. The highest BCUT2D eigenvalue weighted by Crippen LogP contribution is 2.45. The SMILES string of the molecule is CC(NC(C1CC1)C1CC1)c1cc(F)ccc1F. The molecule has 18 heavy (non-hydrogen) atoms. The fraction of sp³-hybridized carbons (Fsp3) is 0.600. The van der Waals surface area contributed by atoms with Crippen LogP contribution in [0.3, 0.4) is 0 Å². The Labute approximate surface area is 107 Å². The number of benzene rings is 1. The molecule has 0 saturated heterocycles. The van der Waals surface area contributed by atoms with Crippen LogP contribution >= 0.6 is 0 Å².